The molecule has 0 saturated carbocycles. The number of anilines is 1. The van der Waals surface area contributed by atoms with Crippen LogP contribution in [0, 0.1) is 5.92 Å². The standard InChI is InChI=1S/C13H20N4/c1-2-11-6-13(16-9-15-11)17-7-10-4-3-5-14-12(10)8-17/h6,9-10,12,14H,2-5,7-8H2,1H3/t10-,12+/m0/s1. The molecule has 0 aromatic carbocycles. The number of aryl methyl sites for hydroxylation is 1. The normalized spacial score (nSPS) is 28.2. The SMILES string of the molecule is CCc1cc(N2C[C@@H]3CCCN[C@@H]3C2)ncn1. The van der Waals surface area contributed by atoms with E-state index in [0.29, 0.717) is 6.04 Å². The van der Waals surface area contributed by atoms with E-state index >= 15 is 0 Å². The lowest BCUT2D eigenvalue weighted by Crippen LogP contribution is -2.40. The number of hydrogen-bond acceptors (Lipinski definition) is 4. The average molecular weight is 232 g/mol. The summed E-state index contributed by atoms with van der Waals surface area (Å²) in [5.41, 5.74) is 1.14. The predicted octanol–water partition coefficient (Wildman–Crippen LogP) is 1.23. The summed E-state index contributed by atoms with van der Waals surface area (Å²) in [6, 6.07) is 2.81. The highest BCUT2D eigenvalue weighted by Gasteiger charge is 2.34. The van der Waals surface area contributed by atoms with Crippen LogP contribution in [0.15, 0.2) is 12.4 Å². The fourth-order valence-corrected chi connectivity index (χ4v) is 2.99. The first-order valence-corrected chi connectivity index (χ1v) is 6.66. The number of nitrogens with zero attached hydrogens (tertiary/aromatic N) is 3. The molecule has 4 nitrogen and oxygen atoms in total. The highest BCUT2D eigenvalue weighted by Crippen LogP contribution is 2.27. The van der Waals surface area contributed by atoms with Gasteiger partial charge < -0.3 is 10.2 Å². The van der Waals surface area contributed by atoms with Crippen molar-refractivity contribution in [1.82, 2.24) is 15.3 Å². The Labute approximate surface area is 102 Å². The van der Waals surface area contributed by atoms with E-state index in [-0.39, 0.29) is 0 Å². The zero-order chi connectivity index (χ0) is 11.7. The molecule has 4 heteroatoms. The van der Waals surface area contributed by atoms with Crippen molar-refractivity contribution >= 4 is 5.82 Å². The highest BCUT2D eigenvalue weighted by atomic mass is 15.2. The first kappa shape index (κ1) is 11.0. The van der Waals surface area contributed by atoms with Crippen LogP contribution in [0.3, 0.4) is 0 Å². The molecule has 0 radical (unpaired) electrons. The molecule has 1 N–H and O–H groups in total. The first-order valence-electron chi connectivity index (χ1n) is 6.66. The van der Waals surface area contributed by atoms with Crippen LogP contribution in [0.1, 0.15) is 25.5 Å². The number of aromatic nitrogens is 2. The van der Waals surface area contributed by atoms with Crippen LogP contribution >= 0.6 is 0 Å². The number of fused-ring (bicyclic) bond motifs is 1. The van der Waals surface area contributed by atoms with Crippen molar-refractivity contribution in [3.05, 3.63) is 18.1 Å². The third-order valence-electron chi connectivity index (χ3n) is 3.99. The molecule has 0 spiro atoms. The molecule has 0 aliphatic carbocycles. The number of nitrogens with one attached hydrogen (secondary N) is 1. The molecule has 17 heavy (non-hydrogen) atoms. The smallest absolute Gasteiger partial charge is 0.132 e. The Hall–Kier alpha value is -1.16. The molecule has 92 valence electrons. The molecule has 1 aromatic heterocycles. The van der Waals surface area contributed by atoms with Gasteiger partial charge in [0.05, 0.1) is 0 Å². The summed E-state index contributed by atoms with van der Waals surface area (Å²) in [5, 5.41) is 3.62. The molecule has 2 aliphatic heterocycles. The van der Waals surface area contributed by atoms with E-state index in [9.17, 15) is 0 Å². The average Bonchev–Trinajstić information content (AvgIpc) is 2.82. The van der Waals surface area contributed by atoms with Crippen molar-refractivity contribution in [2.45, 2.75) is 32.2 Å². The highest BCUT2D eigenvalue weighted by molar-refractivity contribution is 5.41. The fourth-order valence-electron chi connectivity index (χ4n) is 2.99. The van der Waals surface area contributed by atoms with Crippen LogP contribution in [0.25, 0.3) is 0 Å². The third kappa shape index (κ3) is 2.14. The van der Waals surface area contributed by atoms with Crippen LogP contribution in [-0.4, -0.2) is 35.6 Å². The van der Waals surface area contributed by atoms with Gasteiger partial charge in [-0.05, 0) is 31.7 Å². The lowest BCUT2D eigenvalue weighted by atomic mass is 9.94. The Kier molecular flexibility index (Phi) is 2.97. The van der Waals surface area contributed by atoms with Gasteiger partial charge in [-0.15, -0.1) is 0 Å². The largest absolute Gasteiger partial charge is 0.355 e. The minimum atomic E-state index is 0.670. The van der Waals surface area contributed by atoms with E-state index in [2.05, 4.69) is 33.2 Å². The Bertz CT molecular complexity index is 379. The summed E-state index contributed by atoms with van der Waals surface area (Å²) < 4.78 is 0. The lowest BCUT2D eigenvalue weighted by Gasteiger charge is -2.24. The number of piperidine rings is 1. The topological polar surface area (TPSA) is 41.0 Å². The monoisotopic (exact) mass is 232 g/mol. The van der Waals surface area contributed by atoms with Gasteiger partial charge in [0.15, 0.2) is 0 Å². The quantitative estimate of drug-likeness (QED) is 0.832. The van der Waals surface area contributed by atoms with Crippen LogP contribution < -0.4 is 10.2 Å². The third-order valence-corrected chi connectivity index (χ3v) is 3.99. The van der Waals surface area contributed by atoms with Crippen LogP contribution in [0.2, 0.25) is 0 Å². The van der Waals surface area contributed by atoms with Gasteiger partial charge in [-0.25, -0.2) is 9.97 Å². The predicted molar refractivity (Wildman–Crippen MR) is 68.1 cm³/mol. The number of rotatable bonds is 2. The Morgan fingerprint density at radius 2 is 2.35 bits per heavy atom. The van der Waals surface area contributed by atoms with Crippen LogP contribution in [0.4, 0.5) is 5.82 Å². The summed E-state index contributed by atoms with van der Waals surface area (Å²) in [6.07, 6.45) is 5.36. The second-order valence-corrected chi connectivity index (χ2v) is 5.09. The second-order valence-electron chi connectivity index (χ2n) is 5.09. The minimum absolute atomic E-state index is 0.670. The Balaban J connectivity index is 1.76. The molecule has 0 unspecified atom stereocenters. The molecule has 0 amide bonds. The van der Waals surface area contributed by atoms with Gasteiger partial charge in [-0.3, -0.25) is 0 Å². The molecule has 3 rings (SSSR count). The summed E-state index contributed by atoms with van der Waals surface area (Å²) in [4.78, 5) is 11.1. The Morgan fingerprint density at radius 3 is 3.18 bits per heavy atom. The van der Waals surface area contributed by atoms with Gasteiger partial charge in [0.2, 0.25) is 0 Å². The van der Waals surface area contributed by atoms with Crippen molar-refractivity contribution < 1.29 is 0 Å². The summed E-state index contributed by atoms with van der Waals surface area (Å²) in [7, 11) is 0. The molecule has 0 bridgehead atoms. The zero-order valence-corrected chi connectivity index (χ0v) is 10.4. The van der Waals surface area contributed by atoms with Crippen molar-refractivity contribution in [2.75, 3.05) is 24.5 Å². The van der Waals surface area contributed by atoms with Crippen molar-refractivity contribution in [2.24, 2.45) is 5.92 Å². The zero-order valence-electron chi connectivity index (χ0n) is 10.4. The molecule has 2 aliphatic rings. The molecular formula is C13H20N4. The summed E-state index contributed by atoms with van der Waals surface area (Å²) in [6.45, 7) is 5.57. The van der Waals surface area contributed by atoms with Gasteiger partial charge in [0.25, 0.3) is 0 Å². The van der Waals surface area contributed by atoms with Crippen LogP contribution in [-0.2, 0) is 6.42 Å². The van der Waals surface area contributed by atoms with Crippen LogP contribution in [0.5, 0.6) is 0 Å². The van der Waals surface area contributed by atoms with Crippen molar-refractivity contribution in [1.29, 1.82) is 0 Å². The summed E-state index contributed by atoms with van der Waals surface area (Å²) in [5.74, 6) is 1.91. The van der Waals surface area contributed by atoms with E-state index in [4.69, 9.17) is 0 Å². The summed E-state index contributed by atoms with van der Waals surface area (Å²) >= 11 is 0. The molecule has 1 aromatic rings. The lowest BCUT2D eigenvalue weighted by molar-refractivity contribution is 0.340. The van der Waals surface area contributed by atoms with Crippen molar-refractivity contribution in [3.63, 3.8) is 0 Å². The van der Waals surface area contributed by atoms with Gasteiger partial charge in [0.1, 0.15) is 12.1 Å². The maximum Gasteiger partial charge on any atom is 0.132 e. The molecule has 2 fully saturated rings. The Morgan fingerprint density at radius 1 is 1.41 bits per heavy atom. The molecule has 3 heterocycles. The maximum absolute atomic E-state index is 4.41. The van der Waals surface area contributed by atoms with Gasteiger partial charge in [0, 0.05) is 30.9 Å². The minimum Gasteiger partial charge on any atom is -0.355 e. The first-order chi connectivity index (χ1) is 8.36. The second kappa shape index (κ2) is 4.61. The molecular weight excluding hydrogens is 212 g/mol. The molecule has 2 atom stereocenters. The van der Waals surface area contributed by atoms with Crippen molar-refractivity contribution in [3.8, 4) is 0 Å². The van der Waals surface area contributed by atoms with Gasteiger partial charge >= 0.3 is 0 Å². The maximum atomic E-state index is 4.41. The van der Waals surface area contributed by atoms with E-state index in [1.54, 1.807) is 6.33 Å². The fraction of sp³-hybridized carbons (Fsp3) is 0.692. The van der Waals surface area contributed by atoms with E-state index in [0.717, 1.165) is 36.9 Å². The van der Waals surface area contributed by atoms with Gasteiger partial charge in [-0.1, -0.05) is 6.92 Å². The molecule has 2 saturated heterocycles. The van der Waals surface area contributed by atoms with E-state index < -0.39 is 0 Å². The van der Waals surface area contributed by atoms with Gasteiger partial charge in [-0.2, -0.15) is 0 Å². The van der Waals surface area contributed by atoms with E-state index in [1.807, 2.05) is 0 Å². The van der Waals surface area contributed by atoms with E-state index in [1.165, 1.54) is 19.4 Å². The number of hydrogen-bond donors (Lipinski definition) is 1.